The molecule has 0 radical (unpaired) electrons. The molecule has 2 rings (SSSR count). The summed E-state index contributed by atoms with van der Waals surface area (Å²) in [6, 6.07) is 9.78. The van der Waals surface area contributed by atoms with E-state index in [1.807, 2.05) is 30.3 Å². The Labute approximate surface area is 106 Å². The minimum absolute atomic E-state index is 0.0557. The minimum atomic E-state index is -0.152. The molecule has 1 atom stereocenters. The van der Waals surface area contributed by atoms with Gasteiger partial charge in [0.2, 0.25) is 11.9 Å². The zero-order valence-corrected chi connectivity index (χ0v) is 10.3. The van der Waals surface area contributed by atoms with E-state index in [4.69, 9.17) is 0 Å². The molecule has 5 nitrogen and oxygen atoms in total. The lowest BCUT2D eigenvalue weighted by molar-refractivity contribution is -0.117. The molecule has 1 aromatic carbocycles. The summed E-state index contributed by atoms with van der Waals surface area (Å²) < 4.78 is 0. The molecule has 2 aromatic rings. The van der Waals surface area contributed by atoms with Gasteiger partial charge in [0.1, 0.15) is 6.33 Å². The van der Waals surface area contributed by atoms with Crippen LogP contribution in [0.3, 0.4) is 0 Å². The second-order valence-corrected chi connectivity index (χ2v) is 4.08. The Balaban J connectivity index is 2.12. The fourth-order valence-electron chi connectivity index (χ4n) is 1.89. The molecule has 0 fully saturated rings. The third-order valence-corrected chi connectivity index (χ3v) is 2.75. The number of aromatic nitrogens is 3. The molecule has 2 N–H and O–H groups in total. The van der Waals surface area contributed by atoms with Gasteiger partial charge < -0.3 is 0 Å². The average molecular weight is 244 g/mol. The van der Waals surface area contributed by atoms with Gasteiger partial charge in [0, 0.05) is 0 Å². The van der Waals surface area contributed by atoms with Crippen molar-refractivity contribution >= 4 is 11.9 Å². The lowest BCUT2D eigenvalue weighted by Crippen LogP contribution is -2.21. The Hall–Kier alpha value is -2.17. The SMILES string of the molecule is CCC[C@@H](C(=O)Nc1ncn[nH]1)c1ccccc1. The molecule has 1 amide bonds. The molecule has 5 heteroatoms. The third kappa shape index (κ3) is 2.94. The Morgan fingerprint density at radius 3 is 2.78 bits per heavy atom. The molecule has 94 valence electrons. The first kappa shape index (κ1) is 12.3. The highest BCUT2D eigenvalue weighted by molar-refractivity contribution is 5.94. The fourth-order valence-corrected chi connectivity index (χ4v) is 1.89. The van der Waals surface area contributed by atoms with Crippen molar-refractivity contribution < 1.29 is 4.79 Å². The first-order valence-electron chi connectivity index (χ1n) is 6.02. The van der Waals surface area contributed by atoms with Crippen molar-refractivity contribution in [1.82, 2.24) is 15.2 Å². The first-order chi connectivity index (χ1) is 8.81. The van der Waals surface area contributed by atoms with Gasteiger partial charge in [-0.1, -0.05) is 43.7 Å². The summed E-state index contributed by atoms with van der Waals surface area (Å²) in [6.07, 6.45) is 3.13. The van der Waals surface area contributed by atoms with Gasteiger partial charge in [-0.25, -0.2) is 5.10 Å². The van der Waals surface area contributed by atoms with Gasteiger partial charge in [-0.05, 0) is 12.0 Å². The van der Waals surface area contributed by atoms with Crippen LogP contribution in [0.25, 0.3) is 0 Å². The molecule has 0 saturated heterocycles. The molecule has 0 saturated carbocycles. The zero-order chi connectivity index (χ0) is 12.8. The molecular weight excluding hydrogens is 228 g/mol. The van der Waals surface area contributed by atoms with E-state index in [0.29, 0.717) is 5.95 Å². The second kappa shape index (κ2) is 5.95. The number of benzene rings is 1. The number of hydrogen-bond acceptors (Lipinski definition) is 3. The second-order valence-electron chi connectivity index (χ2n) is 4.08. The predicted octanol–water partition coefficient (Wildman–Crippen LogP) is 2.33. The number of carbonyl (C=O) groups excluding carboxylic acids is 1. The van der Waals surface area contributed by atoms with Gasteiger partial charge in [-0.3, -0.25) is 10.1 Å². The van der Waals surface area contributed by atoms with Crippen LogP contribution < -0.4 is 5.32 Å². The molecule has 0 bridgehead atoms. The zero-order valence-electron chi connectivity index (χ0n) is 10.3. The van der Waals surface area contributed by atoms with Crippen LogP contribution in [0.1, 0.15) is 31.2 Å². The largest absolute Gasteiger partial charge is 0.294 e. The molecule has 0 aliphatic rings. The van der Waals surface area contributed by atoms with Crippen molar-refractivity contribution in [1.29, 1.82) is 0 Å². The third-order valence-electron chi connectivity index (χ3n) is 2.75. The van der Waals surface area contributed by atoms with E-state index in [-0.39, 0.29) is 11.8 Å². The number of nitrogens with one attached hydrogen (secondary N) is 2. The highest BCUT2D eigenvalue weighted by Crippen LogP contribution is 2.22. The van der Waals surface area contributed by atoms with Gasteiger partial charge in [0.15, 0.2) is 0 Å². The normalized spacial score (nSPS) is 12.1. The van der Waals surface area contributed by atoms with Crippen LogP contribution in [0.4, 0.5) is 5.95 Å². The number of anilines is 1. The fraction of sp³-hybridized carbons (Fsp3) is 0.308. The van der Waals surface area contributed by atoms with Crippen LogP contribution in [0, 0.1) is 0 Å². The number of H-pyrrole nitrogens is 1. The maximum Gasteiger partial charge on any atom is 0.234 e. The summed E-state index contributed by atoms with van der Waals surface area (Å²) in [5, 5.41) is 9.06. The summed E-state index contributed by atoms with van der Waals surface area (Å²) in [7, 11) is 0. The number of hydrogen-bond donors (Lipinski definition) is 2. The van der Waals surface area contributed by atoms with Crippen molar-refractivity contribution in [3.8, 4) is 0 Å². The molecule has 0 aliphatic heterocycles. The average Bonchev–Trinajstić information content (AvgIpc) is 2.89. The van der Waals surface area contributed by atoms with Gasteiger partial charge in [-0.15, -0.1) is 0 Å². The number of carbonyl (C=O) groups is 1. The number of aromatic amines is 1. The van der Waals surface area contributed by atoms with E-state index in [2.05, 4.69) is 27.4 Å². The Bertz CT molecular complexity index is 481. The quantitative estimate of drug-likeness (QED) is 0.848. The van der Waals surface area contributed by atoms with E-state index in [0.717, 1.165) is 18.4 Å². The summed E-state index contributed by atoms with van der Waals surface area (Å²) >= 11 is 0. The van der Waals surface area contributed by atoms with Crippen LogP contribution in [0.15, 0.2) is 36.7 Å². The number of nitrogens with zero attached hydrogens (tertiary/aromatic N) is 2. The standard InChI is InChI=1S/C13H16N4O/c1-2-6-11(10-7-4-3-5-8-10)12(18)16-13-14-9-15-17-13/h3-5,7-9,11H,2,6H2,1H3,(H2,14,15,16,17,18)/t11-/m1/s1. The summed E-state index contributed by atoms with van der Waals surface area (Å²) in [5.74, 6) is 0.179. The van der Waals surface area contributed by atoms with Gasteiger partial charge in [-0.2, -0.15) is 10.1 Å². The van der Waals surface area contributed by atoms with Gasteiger partial charge >= 0.3 is 0 Å². The van der Waals surface area contributed by atoms with E-state index in [9.17, 15) is 4.79 Å². The van der Waals surface area contributed by atoms with Gasteiger partial charge in [0.25, 0.3) is 0 Å². The van der Waals surface area contributed by atoms with Crippen LogP contribution in [-0.4, -0.2) is 21.1 Å². The van der Waals surface area contributed by atoms with E-state index < -0.39 is 0 Å². The van der Waals surface area contributed by atoms with Crippen molar-refractivity contribution in [3.63, 3.8) is 0 Å². The lowest BCUT2D eigenvalue weighted by atomic mass is 9.94. The Kier molecular flexibility index (Phi) is 4.06. The Morgan fingerprint density at radius 2 is 2.17 bits per heavy atom. The van der Waals surface area contributed by atoms with Crippen LogP contribution >= 0.6 is 0 Å². The predicted molar refractivity (Wildman–Crippen MR) is 69.1 cm³/mol. The topological polar surface area (TPSA) is 70.7 Å². The first-order valence-corrected chi connectivity index (χ1v) is 6.02. The Morgan fingerprint density at radius 1 is 1.39 bits per heavy atom. The highest BCUT2D eigenvalue weighted by atomic mass is 16.2. The maximum atomic E-state index is 12.2. The smallest absolute Gasteiger partial charge is 0.234 e. The lowest BCUT2D eigenvalue weighted by Gasteiger charge is -2.15. The minimum Gasteiger partial charge on any atom is -0.294 e. The van der Waals surface area contributed by atoms with Crippen molar-refractivity contribution in [2.75, 3.05) is 5.32 Å². The monoisotopic (exact) mass is 244 g/mol. The molecule has 0 unspecified atom stereocenters. The maximum absolute atomic E-state index is 12.2. The highest BCUT2D eigenvalue weighted by Gasteiger charge is 2.20. The summed E-state index contributed by atoms with van der Waals surface area (Å²) in [4.78, 5) is 16.1. The van der Waals surface area contributed by atoms with Crippen LogP contribution in [0.2, 0.25) is 0 Å². The van der Waals surface area contributed by atoms with E-state index in [1.54, 1.807) is 0 Å². The van der Waals surface area contributed by atoms with E-state index >= 15 is 0 Å². The number of rotatable bonds is 5. The van der Waals surface area contributed by atoms with Gasteiger partial charge in [0.05, 0.1) is 5.92 Å². The van der Waals surface area contributed by atoms with Crippen LogP contribution in [-0.2, 0) is 4.79 Å². The summed E-state index contributed by atoms with van der Waals surface area (Å²) in [5.41, 5.74) is 1.02. The molecule has 18 heavy (non-hydrogen) atoms. The molecule has 0 aliphatic carbocycles. The number of amides is 1. The van der Waals surface area contributed by atoms with Crippen molar-refractivity contribution in [2.45, 2.75) is 25.7 Å². The molecule has 0 spiro atoms. The molecule has 1 aromatic heterocycles. The van der Waals surface area contributed by atoms with Crippen molar-refractivity contribution in [2.24, 2.45) is 0 Å². The molecular formula is C13H16N4O. The van der Waals surface area contributed by atoms with Crippen LogP contribution in [0.5, 0.6) is 0 Å². The summed E-state index contributed by atoms with van der Waals surface area (Å²) in [6.45, 7) is 2.07. The van der Waals surface area contributed by atoms with E-state index in [1.165, 1.54) is 6.33 Å². The molecule has 1 heterocycles. The van der Waals surface area contributed by atoms with Crippen molar-refractivity contribution in [3.05, 3.63) is 42.2 Å².